The van der Waals surface area contributed by atoms with Gasteiger partial charge in [0.15, 0.2) is 0 Å². The molecule has 0 saturated carbocycles. The van der Waals surface area contributed by atoms with Gasteiger partial charge in [-0.2, -0.15) is 0 Å². The number of amides is 1. The van der Waals surface area contributed by atoms with Crippen LogP contribution in [0, 0.1) is 5.92 Å². The van der Waals surface area contributed by atoms with E-state index < -0.39 is 6.04 Å². The summed E-state index contributed by atoms with van der Waals surface area (Å²) in [5, 5.41) is 2.66. The number of nitrogens with one attached hydrogen (secondary N) is 1. The molecule has 0 aromatic heterocycles. The second kappa shape index (κ2) is 10.1. The van der Waals surface area contributed by atoms with Crippen LogP contribution in [0.15, 0.2) is 0 Å². The molecule has 6 heteroatoms. The van der Waals surface area contributed by atoms with E-state index in [1.807, 2.05) is 6.92 Å². The molecular weight excluding hydrogens is 256 g/mol. The SMILES string of the molecule is CCCC(N)C(=O)NCC(C)C(=O)OC(C)C.Cl. The molecule has 0 aromatic carbocycles. The fourth-order valence-electron chi connectivity index (χ4n) is 1.26. The molecule has 0 spiro atoms. The van der Waals surface area contributed by atoms with Crippen molar-refractivity contribution in [2.24, 2.45) is 11.7 Å². The van der Waals surface area contributed by atoms with E-state index in [2.05, 4.69) is 5.32 Å². The van der Waals surface area contributed by atoms with Crippen molar-refractivity contribution in [3.8, 4) is 0 Å². The summed E-state index contributed by atoms with van der Waals surface area (Å²) in [4.78, 5) is 23.0. The van der Waals surface area contributed by atoms with Crippen molar-refractivity contribution in [1.29, 1.82) is 0 Å². The van der Waals surface area contributed by atoms with Crippen molar-refractivity contribution in [2.75, 3.05) is 6.54 Å². The van der Waals surface area contributed by atoms with Crippen LogP contribution in [0.4, 0.5) is 0 Å². The van der Waals surface area contributed by atoms with Gasteiger partial charge in [0.25, 0.3) is 0 Å². The Hall–Kier alpha value is -0.810. The highest BCUT2D eigenvalue weighted by molar-refractivity contribution is 5.85. The van der Waals surface area contributed by atoms with E-state index in [4.69, 9.17) is 10.5 Å². The third-order valence-electron chi connectivity index (χ3n) is 2.27. The molecule has 3 N–H and O–H groups in total. The van der Waals surface area contributed by atoms with Crippen LogP contribution in [0.5, 0.6) is 0 Å². The summed E-state index contributed by atoms with van der Waals surface area (Å²) in [6.07, 6.45) is 1.37. The molecule has 1 amide bonds. The number of ether oxygens (including phenoxy) is 1. The van der Waals surface area contributed by atoms with Gasteiger partial charge >= 0.3 is 5.97 Å². The molecule has 0 bridgehead atoms. The number of carbonyl (C=O) groups is 2. The first-order valence-corrected chi connectivity index (χ1v) is 6.12. The van der Waals surface area contributed by atoms with Crippen molar-refractivity contribution in [2.45, 2.75) is 52.7 Å². The van der Waals surface area contributed by atoms with Gasteiger partial charge in [0, 0.05) is 6.54 Å². The Morgan fingerprint density at radius 2 is 1.83 bits per heavy atom. The summed E-state index contributed by atoms with van der Waals surface area (Å²) in [5.74, 6) is -0.865. The predicted molar refractivity (Wildman–Crippen MR) is 73.5 cm³/mol. The van der Waals surface area contributed by atoms with E-state index in [0.717, 1.165) is 6.42 Å². The molecule has 0 aliphatic carbocycles. The van der Waals surface area contributed by atoms with E-state index in [1.165, 1.54) is 0 Å². The fraction of sp³-hybridized carbons (Fsp3) is 0.833. The Morgan fingerprint density at radius 3 is 2.28 bits per heavy atom. The highest BCUT2D eigenvalue weighted by atomic mass is 35.5. The molecule has 0 heterocycles. The van der Waals surface area contributed by atoms with E-state index in [0.29, 0.717) is 6.42 Å². The summed E-state index contributed by atoms with van der Waals surface area (Å²) in [7, 11) is 0. The first kappa shape index (κ1) is 19.5. The predicted octanol–water partition coefficient (Wildman–Crippen LogP) is 1.24. The summed E-state index contributed by atoms with van der Waals surface area (Å²) < 4.78 is 5.03. The third kappa shape index (κ3) is 8.31. The number of halogens is 1. The van der Waals surface area contributed by atoms with Crippen molar-refractivity contribution < 1.29 is 14.3 Å². The van der Waals surface area contributed by atoms with Gasteiger partial charge in [-0.1, -0.05) is 20.3 Å². The zero-order valence-corrected chi connectivity index (χ0v) is 12.4. The maximum Gasteiger partial charge on any atom is 0.310 e. The Morgan fingerprint density at radius 1 is 1.28 bits per heavy atom. The molecular formula is C12H25ClN2O3. The van der Waals surface area contributed by atoms with Crippen molar-refractivity contribution in [3.63, 3.8) is 0 Å². The maximum atomic E-state index is 11.5. The van der Waals surface area contributed by atoms with Crippen LogP contribution in [-0.2, 0) is 14.3 Å². The second-order valence-corrected chi connectivity index (χ2v) is 4.53. The Bertz CT molecular complexity index is 260. The average Bonchev–Trinajstić information content (AvgIpc) is 2.24. The summed E-state index contributed by atoms with van der Waals surface area (Å²) in [6, 6.07) is -0.492. The van der Waals surface area contributed by atoms with Crippen molar-refractivity contribution in [3.05, 3.63) is 0 Å². The van der Waals surface area contributed by atoms with Crippen LogP contribution >= 0.6 is 12.4 Å². The second-order valence-electron chi connectivity index (χ2n) is 4.53. The number of nitrogens with two attached hydrogens (primary N) is 1. The van der Waals surface area contributed by atoms with Crippen LogP contribution in [0.2, 0.25) is 0 Å². The van der Waals surface area contributed by atoms with Crippen molar-refractivity contribution >= 4 is 24.3 Å². The molecule has 0 aromatic rings. The smallest absolute Gasteiger partial charge is 0.310 e. The summed E-state index contributed by atoms with van der Waals surface area (Å²) in [5.41, 5.74) is 5.64. The summed E-state index contributed by atoms with van der Waals surface area (Å²) in [6.45, 7) is 7.54. The summed E-state index contributed by atoms with van der Waals surface area (Å²) >= 11 is 0. The minimum atomic E-state index is -0.492. The van der Waals surface area contributed by atoms with Crippen molar-refractivity contribution in [1.82, 2.24) is 5.32 Å². The topological polar surface area (TPSA) is 81.4 Å². The zero-order chi connectivity index (χ0) is 13.4. The van der Waals surface area contributed by atoms with Gasteiger partial charge in [0.1, 0.15) is 0 Å². The highest BCUT2D eigenvalue weighted by Crippen LogP contribution is 2.01. The number of rotatable bonds is 7. The largest absolute Gasteiger partial charge is 0.463 e. The van der Waals surface area contributed by atoms with E-state index in [9.17, 15) is 9.59 Å². The number of hydrogen-bond acceptors (Lipinski definition) is 4. The fourth-order valence-corrected chi connectivity index (χ4v) is 1.26. The minimum Gasteiger partial charge on any atom is -0.463 e. The molecule has 0 aliphatic heterocycles. The normalized spacial score (nSPS) is 13.4. The lowest BCUT2D eigenvalue weighted by molar-refractivity contribution is -0.151. The lowest BCUT2D eigenvalue weighted by Gasteiger charge is -2.16. The first-order chi connectivity index (χ1) is 7.88. The van der Waals surface area contributed by atoms with Crippen LogP contribution in [0.3, 0.4) is 0 Å². The average molecular weight is 281 g/mol. The highest BCUT2D eigenvalue weighted by Gasteiger charge is 2.18. The standard InChI is InChI=1S/C12H24N2O3.ClH/c1-5-6-10(13)11(15)14-7-9(4)12(16)17-8(2)3;/h8-10H,5-7,13H2,1-4H3,(H,14,15);1H. The van der Waals surface area contributed by atoms with Gasteiger partial charge in [-0.05, 0) is 20.3 Å². The lowest BCUT2D eigenvalue weighted by atomic mass is 10.1. The molecule has 2 atom stereocenters. The molecule has 0 rings (SSSR count). The molecule has 108 valence electrons. The van der Waals surface area contributed by atoms with Gasteiger partial charge in [0.05, 0.1) is 18.1 Å². The number of esters is 1. The lowest BCUT2D eigenvalue weighted by Crippen LogP contribution is -2.43. The monoisotopic (exact) mass is 280 g/mol. The maximum absolute atomic E-state index is 11.5. The van der Waals surface area contributed by atoms with Gasteiger partial charge in [-0.15, -0.1) is 12.4 Å². The Labute approximate surface area is 115 Å². The quantitative estimate of drug-likeness (QED) is 0.688. The molecule has 18 heavy (non-hydrogen) atoms. The Kier molecular flexibility index (Phi) is 11.0. The molecule has 0 aliphatic rings. The molecule has 0 saturated heterocycles. The van der Waals surface area contributed by atoms with Gasteiger partial charge in [-0.25, -0.2) is 0 Å². The molecule has 0 radical (unpaired) electrons. The van der Waals surface area contributed by atoms with Crippen LogP contribution in [0.25, 0.3) is 0 Å². The van der Waals surface area contributed by atoms with Crippen LogP contribution in [0.1, 0.15) is 40.5 Å². The van der Waals surface area contributed by atoms with E-state index in [-0.39, 0.29) is 42.9 Å². The molecule has 5 nitrogen and oxygen atoms in total. The van der Waals surface area contributed by atoms with Gasteiger partial charge in [-0.3, -0.25) is 9.59 Å². The first-order valence-electron chi connectivity index (χ1n) is 6.12. The Balaban J connectivity index is 0. The molecule has 2 unspecified atom stereocenters. The van der Waals surface area contributed by atoms with Gasteiger partial charge < -0.3 is 15.8 Å². The van der Waals surface area contributed by atoms with E-state index >= 15 is 0 Å². The minimum absolute atomic E-state index is 0. The van der Waals surface area contributed by atoms with Gasteiger partial charge in [0.2, 0.25) is 5.91 Å². The zero-order valence-electron chi connectivity index (χ0n) is 11.6. The van der Waals surface area contributed by atoms with Crippen LogP contribution < -0.4 is 11.1 Å². The van der Waals surface area contributed by atoms with E-state index in [1.54, 1.807) is 20.8 Å². The number of carbonyl (C=O) groups excluding carboxylic acids is 2. The van der Waals surface area contributed by atoms with Crippen LogP contribution in [-0.4, -0.2) is 30.6 Å². The molecule has 0 fully saturated rings. The third-order valence-corrected chi connectivity index (χ3v) is 2.27. The number of hydrogen-bond donors (Lipinski definition) is 2.